The number of β-lactam (4-membered cyclic amide) rings is 1. The number of amides is 2. The Balaban J connectivity index is 1.98. The van der Waals surface area contributed by atoms with Crippen LogP contribution in [0.1, 0.15) is 26.3 Å². The predicted octanol–water partition coefficient (Wildman–Crippen LogP) is 3.02. The van der Waals surface area contributed by atoms with Crippen molar-refractivity contribution in [2.24, 2.45) is 0 Å². The molecule has 0 bridgehead atoms. The van der Waals surface area contributed by atoms with Crippen molar-refractivity contribution in [2.45, 2.75) is 57.6 Å². The van der Waals surface area contributed by atoms with Crippen LogP contribution >= 0.6 is 0 Å². The van der Waals surface area contributed by atoms with Crippen LogP contribution in [0.25, 0.3) is 0 Å². The van der Waals surface area contributed by atoms with Crippen LogP contribution in [0.2, 0.25) is 18.1 Å². The lowest BCUT2D eigenvalue weighted by atomic mass is 10.0. The normalized spacial score (nSPS) is 20.5. The summed E-state index contributed by atoms with van der Waals surface area (Å²) in [6.07, 6.45) is -0.683. The molecule has 1 N–H and O–H groups in total. The predicted molar refractivity (Wildman–Crippen MR) is 97.0 cm³/mol. The van der Waals surface area contributed by atoms with Crippen LogP contribution < -0.4 is 5.32 Å². The molecule has 2 rings (SSSR count). The number of benzene rings is 1. The molecule has 134 valence electrons. The average molecular weight is 360 g/mol. The number of carbonyl (C=O) groups excluding carboxylic acids is 2. The van der Waals surface area contributed by atoms with E-state index in [-0.39, 0.29) is 17.6 Å². The van der Waals surface area contributed by atoms with Crippen LogP contribution in [0.4, 0.5) is 4.79 Å². The van der Waals surface area contributed by atoms with Crippen molar-refractivity contribution in [3.05, 3.63) is 35.9 Å². The zero-order valence-corrected chi connectivity index (χ0v) is 16.4. The monoisotopic (exact) mass is 359 g/mol. The van der Waals surface area contributed by atoms with E-state index in [1.165, 1.54) is 0 Å². The van der Waals surface area contributed by atoms with Crippen LogP contribution in [-0.2, 0) is 16.1 Å². The topological polar surface area (TPSA) is 82.4 Å². The number of carbonyl (C=O) groups is 2. The van der Waals surface area contributed by atoms with E-state index in [2.05, 4.69) is 45.3 Å². The molecule has 2 amide bonds. The van der Waals surface area contributed by atoms with Crippen molar-refractivity contribution in [1.29, 1.82) is 5.26 Å². The molecule has 1 aliphatic heterocycles. The largest absolute Gasteiger partial charge is 0.445 e. The van der Waals surface area contributed by atoms with Gasteiger partial charge in [-0.2, -0.15) is 5.26 Å². The molecule has 0 radical (unpaired) electrons. The van der Waals surface area contributed by atoms with Gasteiger partial charge >= 0.3 is 6.09 Å². The Bertz CT molecular complexity index is 692. The minimum absolute atomic E-state index is 0.0729. The minimum atomic E-state index is -2.16. The van der Waals surface area contributed by atoms with E-state index in [9.17, 15) is 14.9 Å². The number of nitrogens with zero attached hydrogens (tertiary/aromatic N) is 2. The number of ether oxygens (including phenoxy) is 1. The van der Waals surface area contributed by atoms with Crippen LogP contribution in [-0.4, -0.2) is 36.9 Å². The third-order valence-corrected chi connectivity index (χ3v) is 10.5. The molecule has 0 spiro atoms. The third kappa shape index (κ3) is 3.69. The van der Waals surface area contributed by atoms with Gasteiger partial charge in [0.05, 0.1) is 6.07 Å². The Morgan fingerprint density at radius 2 is 1.92 bits per heavy atom. The summed E-state index contributed by atoms with van der Waals surface area (Å²) < 4.78 is 6.83. The first-order chi connectivity index (χ1) is 11.6. The second-order valence-electron chi connectivity index (χ2n) is 7.77. The lowest BCUT2D eigenvalue weighted by Crippen LogP contribution is -2.78. The number of nitriles is 1. The molecule has 2 atom stereocenters. The van der Waals surface area contributed by atoms with Crippen molar-refractivity contribution < 1.29 is 14.3 Å². The summed E-state index contributed by atoms with van der Waals surface area (Å²) in [7, 11) is -2.16. The van der Waals surface area contributed by atoms with Gasteiger partial charge in [0.15, 0.2) is 8.24 Å². The van der Waals surface area contributed by atoms with Crippen LogP contribution in [0, 0.1) is 11.3 Å². The summed E-state index contributed by atoms with van der Waals surface area (Å²) in [5, 5.41) is 11.9. The standard InChI is InChI=1S/C18H25N3O3Si/c1-18(2,3)25(4,5)21-14(11-19)15(16(21)22)20-17(23)24-12-13-9-7-6-8-10-13/h6-10,14-15H,12H2,1-5H3,(H,20,23)/t14-,15-/m0/s1. The van der Waals surface area contributed by atoms with E-state index in [1.54, 1.807) is 4.57 Å². The molecular formula is C18H25N3O3Si. The van der Waals surface area contributed by atoms with Crippen molar-refractivity contribution in [3.63, 3.8) is 0 Å². The smallest absolute Gasteiger partial charge is 0.408 e. The van der Waals surface area contributed by atoms with E-state index in [1.807, 2.05) is 30.3 Å². The summed E-state index contributed by atoms with van der Waals surface area (Å²) >= 11 is 0. The van der Waals surface area contributed by atoms with Gasteiger partial charge in [0.25, 0.3) is 0 Å². The van der Waals surface area contributed by atoms with E-state index in [4.69, 9.17) is 4.74 Å². The molecule has 1 saturated heterocycles. The van der Waals surface area contributed by atoms with Gasteiger partial charge in [-0.25, -0.2) is 4.79 Å². The Hall–Kier alpha value is -2.33. The molecule has 0 aromatic heterocycles. The first kappa shape index (κ1) is 19.0. The fourth-order valence-electron chi connectivity index (χ4n) is 2.64. The maximum atomic E-state index is 12.6. The summed E-state index contributed by atoms with van der Waals surface area (Å²) in [4.78, 5) is 24.6. The molecule has 0 aliphatic carbocycles. The molecule has 0 saturated carbocycles. The van der Waals surface area contributed by atoms with Gasteiger partial charge in [0.1, 0.15) is 18.7 Å². The zero-order chi connectivity index (χ0) is 18.8. The van der Waals surface area contributed by atoms with Crippen LogP contribution in [0.3, 0.4) is 0 Å². The Labute approximate surface area is 149 Å². The highest BCUT2D eigenvalue weighted by Gasteiger charge is 2.58. The van der Waals surface area contributed by atoms with Gasteiger partial charge < -0.3 is 14.6 Å². The van der Waals surface area contributed by atoms with Gasteiger partial charge in [0.2, 0.25) is 5.91 Å². The van der Waals surface area contributed by atoms with Crippen molar-refractivity contribution >= 4 is 20.2 Å². The fraction of sp³-hybridized carbons (Fsp3) is 0.500. The second-order valence-corrected chi connectivity index (χ2v) is 12.9. The van der Waals surface area contributed by atoms with Gasteiger partial charge in [0, 0.05) is 0 Å². The Kier molecular flexibility index (Phi) is 5.23. The van der Waals surface area contributed by atoms with Crippen LogP contribution in [0.15, 0.2) is 30.3 Å². The maximum Gasteiger partial charge on any atom is 0.408 e. The number of hydrogen-bond acceptors (Lipinski definition) is 4. The molecule has 1 heterocycles. The second kappa shape index (κ2) is 6.88. The van der Waals surface area contributed by atoms with Crippen molar-refractivity contribution in [1.82, 2.24) is 9.88 Å². The zero-order valence-electron chi connectivity index (χ0n) is 15.4. The molecule has 6 nitrogen and oxygen atoms in total. The number of alkyl carbamates (subject to hydrolysis) is 1. The Morgan fingerprint density at radius 3 is 2.44 bits per heavy atom. The lowest BCUT2D eigenvalue weighted by molar-refractivity contribution is -0.140. The highest BCUT2D eigenvalue weighted by atomic mass is 28.3. The summed E-state index contributed by atoms with van der Waals surface area (Å²) in [5.41, 5.74) is 0.859. The first-order valence-electron chi connectivity index (χ1n) is 8.29. The summed E-state index contributed by atoms with van der Waals surface area (Å²) in [6, 6.07) is 9.97. The van der Waals surface area contributed by atoms with E-state index < -0.39 is 26.4 Å². The Morgan fingerprint density at radius 1 is 1.32 bits per heavy atom. The average Bonchev–Trinajstić information content (AvgIpc) is 2.54. The third-order valence-electron chi connectivity index (χ3n) is 5.15. The maximum absolute atomic E-state index is 12.6. The molecule has 25 heavy (non-hydrogen) atoms. The summed E-state index contributed by atoms with van der Waals surface area (Å²) in [5.74, 6) is -0.199. The first-order valence-corrected chi connectivity index (χ1v) is 11.2. The summed E-state index contributed by atoms with van der Waals surface area (Å²) in [6.45, 7) is 10.5. The fourth-order valence-corrected chi connectivity index (χ4v) is 4.95. The molecule has 1 aromatic rings. The van der Waals surface area contributed by atoms with E-state index >= 15 is 0 Å². The lowest BCUT2D eigenvalue weighted by Gasteiger charge is -2.55. The molecule has 1 aromatic carbocycles. The van der Waals surface area contributed by atoms with E-state index in [0.29, 0.717) is 0 Å². The minimum Gasteiger partial charge on any atom is -0.445 e. The molecule has 7 heteroatoms. The van der Waals surface area contributed by atoms with Crippen LogP contribution in [0.5, 0.6) is 0 Å². The highest BCUT2D eigenvalue weighted by molar-refractivity contribution is 6.80. The van der Waals surface area contributed by atoms with E-state index in [0.717, 1.165) is 5.56 Å². The van der Waals surface area contributed by atoms with Gasteiger partial charge in [-0.3, -0.25) is 4.79 Å². The molecular weight excluding hydrogens is 334 g/mol. The number of hydrogen-bond donors (Lipinski definition) is 1. The van der Waals surface area contributed by atoms with Crippen molar-refractivity contribution in [2.75, 3.05) is 0 Å². The SMILES string of the molecule is CC(C)(C)[Si](C)(C)N1C(=O)[C@@H](NC(=O)OCc2ccccc2)[C@@H]1C#N. The van der Waals surface area contributed by atoms with Gasteiger partial charge in [-0.05, 0) is 10.6 Å². The van der Waals surface area contributed by atoms with Gasteiger partial charge in [-0.1, -0.05) is 64.2 Å². The number of nitrogens with one attached hydrogen (secondary N) is 1. The molecule has 1 fully saturated rings. The van der Waals surface area contributed by atoms with Crippen molar-refractivity contribution in [3.8, 4) is 6.07 Å². The quantitative estimate of drug-likeness (QED) is 0.662. The number of rotatable bonds is 4. The molecule has 1 aliphatic rings. The molecule has 0 unspecified atom stereocenters. The van der Waals surface area contributed by atoms with Gasteiger partial charge in [-0.15, -0.1) is 0 Å². The highest BCUT2D eigenvalue weighted by Crippen LogP contribution is 2.42.